The molecule has 0 bridgehead atoms. The van der Waals surface area contributed by atoms with Gasteiger partial charge in [0, 0.05) is 12.6 Å². The van der Waals surface area contributed by atoms with Gasteiger partial charge < -0.3 is 10.1 Å². The fraction of sp³-hybridized carbons (Fsp3) is 0.667. The molecule has 1 aromatic carbocycles. The smallest absolute Gasteiger partial charge is 0.0732 e. The molecule has 1 N–H and O–H groups in total. The molecule has 0 spiro atoms. The van der Waals surface area contributed by atoms with Gasteiger partial charge in [0.1, 0.15) is 0 Å². The average Bonchev–Trinajstić information content (AvgIpc) is 2.91. The fourth-order valence-electron chi connectivity index (χ4n) is 3.34. The minimum Gasteiger partial charge on any atom is -0.377 e. The van der Waals surface area contributed by atoms with Crippen LogP contribution < -0.4 is 5.32 Å². The molecule has 20 heavy (non-hydrogen) atoms. The largest absolute Gasteiger partial charge is 0.377 e. The Hall–Kier alpha value is -0.860. The lowest BCUT2D eigenvalue weighted by atomic mass is 9.92. The summed E-state index contributed by atoms with van der Waals surface area (Å²) in [6, 6.07) is 5.06. The Morgan fingerprint density at radius 2 is 1.95 bits per heavy atom. The lowest BCUT2D eigenvalue weighted by Crippen LogP contribution is -2.42. The van der Waals surface area contributed by atoms with Crippen LogP contribution in [0.1, 0.15) is 48.4 Å². The lowest BCUT2D eigenvalue weighted by Gasteiger charge is -2.26. The Balaban J connectivity index is 2.14. The van der Waals surface area contributed by atoms with E-state index >= 15 is 0 Å². The number of aryl methyl sites for hydroxylation is 3. The van der Waals surface area contributed by atoms with Crippen LogP contribution in [0.15, 0.2) is 12.1 Å². The first-order valence-electron chi connectivity index (χ1n) is 8.03. The Morgan fingerprint density at radius 1 is 1.25 bits per heavy atom. The van der Waals surface area contributed by atoms with E-state index < -0.39 is 0 Å². The molecule has 1 aromatic rings. The Morgan fingerprint density at radius 3 is 2.50 bits per heavy atom. The normalized spacial score (nSPS) is 20.3. The second-order valence-corrected chi connectivity index (χ2v) is 6.19. The molecular weight excluding hydrogens is 246 g/mol. The van der Waals surface area contributed by atoms with Crippen LogP contribution in [0.4, 0.5) is 0 Å². The van der Waals surface area contributed by atoms with E-state index in [2.05, 4.69) is 45.1 Å². The third kappa shape index (κ3) is 3.83. The summed E-state index contributed by atoms with van der Waals surface area (Å²) in [5, 5.41) is 3.70. The number of benzene rings is 1. The summed E-state index contributed by atoms with van der Waals surface area (Å²) in [5.41, 5.74) is 5.70. The van der Waals surface area contributed by atoms with Crippen LogP contribution in [0.3, 0.4) is 0 Å². The predicted octanol–water partition coefficient (Wildman–Crippen LogP) is 3.70. The highest BCUT2D eigenvalue weighted by atomic mass is 16.5. The van der Waals surface area contributed by atoms with Crippen LogP contribution >= 0.6 is 0 Å². The maximum atomic E-state index is 5.93. The molecule has 112 valence electrons. The van der Waals surface area contributed by atoms with Crippen molar-refractivity contribution in [2.45, 2.75) is 65.5 Å². The standard InChI is InChI=1S/C18H29NO/c1-5-8-19-17(18-7-6-9-20-18)12-16-14(3)10-13(2)11-15(16)4/h10-11,17-19H,5-9,12H2,1-4H3. The molecular formula is C18H29NO. The maximum absolute atomic E-state index is 5.93. The topological polar surface area (TPSA) is 21.3 Å². The van der Waals surface area contributed by atoms with Crippen molar-refractivity contribution in [2.75, 3.05) is 13.2 Å². The van der Waals surface area contributed by atoms with Crippen LogP contribution in [-0.4, -0.2) is 25.3 Å². The number of hydrogen-bond donors (Lipinski definition) is 1. The lowest BCUT2D eigenvalue weighted by molar-refractivity contribution is 0.0783. The van der Waals surface area contributed by atoms with Crippen LogP contribution in [0.25, 0.3) is 0 Å². The monoisotopic (exact) mass is 275 g/mol. The van der Waals surface area contributed by atoms with Gasteiger partial charge in [0.2, 0.25) is 0 Å². The van der Waals surface area contributed by atoms with Gasteiger partial charge in [0.15, 0.2) is 0 Å². The third-order valence-corrected chi connectivity index (χ3v) is 4.33. The Labute approximate surface area is 123 Å². The van der Waals surface area contributed by atoms with Crippen molar-refractivity contribution < 1.29 is 4.74 Å². The van der Waals surface area contributed by atoms with Crippen molar-refractivity contribution in [3.63, 3.8) is 0 Å². The molecule has 0 aliphatic carbocycles. The van der Waals surface area contributed by atoms with Gasteiger partial charge in [-0.05, 0) is 69.7 Å². The van der Waals surface area contributed by atoms with Gasteiger partial charge >= 0.3 is 0 Å². The molecule has 0 amide bonds. The van der Waals surface area contributed by atoms with Crippen molar-refractivity contribution in [3.8, 4) is 0 Å². The zero-order valence-corrected chi connectivity index (χ0v) is 13.5. The second-order valence-electron chi connectivity index (χ2n) is 6.19. The molecule has 2 unspecified atom stereocenters. The molecule has 2 nitrogen and oxygen atoms in total. The van der Waals surface area contributed by atoms with E-state index in [1.54, 1.807) is 0 Å². The van der Waals surface area contributed by atoms with Gasteiger partial charge in [-0.25, -0.2) is 0 Å². The summed E-state index contributed by atoms with van der Waals surface area (Å²) >= 11 is 0. The Bertz CT molecular complexity index is 412. The highest BCUT2D eigenvalue weighted by Crippen LogP contribution is 2.23. The zero-order valence-electron chi connectivity index (χ0n) is 13.5. The average molecular weight is 275 g/mol. The van der Waals surface area contributed by atoms with Crippen LogP contribution in [0.2, 0.25) is 0 Å². The summed E-state index contributed by atoms with van der Waals surface area (Å²) < 4.78 is 5.93. The minimum absolute atomic E-state index is 0.390. The van der Waals surface area contributed by atoms with E-state index in [-0.39, 0.29) is 0 Å². The molecule has 1 saturated heterocycles. The summed E-state index contributed by atoms with van der Waals surface area (Å²) in [6.45, 7) is 10.9. The highest BCUT2D eigenvalue weighted by molar-refractivity contribution is 5.38. The van der Waals surface area contributed by atoms with E-state index in [0.29, 0.717) is 12.1 Å². The van der Waals surface area contributed by atoms with Crippen molar-refractivity contribution in [2.24, 2.45) is 0 Å². The number of rotatable bonds is 6. The van der Waals surface area contributed by atoms with E-state index in [4.69, 9.17) is 4.74 Å². The van der Waals surface area contributed by atoms with Crippen molar-refractivity contribution in [3.05, 3.63) is 34.4 Å². The van der Waals surface area contributed by atoms with E-state index in [1.807, 2.05) is 0 Å². The molecule has 1 fully saturated rings. The van der Waals surface area contributed by atoms with Gasteiger partial charge in [-0.2, -0.15) is 0 Å². The van der Waals surface area contributed by atoms with Gasteiger partial charge in [0.05, 0.1) is 6.10 Å². The minimum atomic E-state index is 0.390. The van der Waals surface area contributed by atoms with E-state index in [0.717, 1.165) is 19.6 Å². The maximum Gasteiger partial charge on any atom is 0.0732 e. The number of ether oxygens (including phenoxy) is 1. The van der Waals surface area contributed by atoms with Crippen molar-refractivity contribution in [1.82, 2.24) is 5.32 Å². The van der Waals surface area contributed by atoms with E-state index in [9.17, 15) is 0 Å². The quantitative estimate of drug-likeness (QED) is 0.854. The molecule has 2 atom stereocenters. The van der Waals surface area contributed by atoms with Crippen molar-refractivity contribution >= 4 is 0 Å². The van der Waals surface area contributed by atoms with Crippen LogP contribution in [-0.2, 0) is 11.2 Å². The summed E-state index contributed by atoms with van der Waals surface area (Å²) in [5.74, 6) is 0. The Kier molecular flexibility index (Phi) is 5.62. The van der Waals surface area contributed by atoms with Gasteiger partial charge in [0.25, 0.3) is 0 Å². The molecule has 1 aliphatic heterocycles. The van der Waals surface area contributed by atoms with Crippen LogP contribution in [0.5, 0.6) is 0 Å². The molecule has 1 aliphatic rings. The first kappa shape index (κ1) is 15.5. The third-order valence-electron chi connectivity index (χ3n) is 4.33. The molecule has 2 heteroatoms. The summed E-state index contributed by atoms with van der Waals surface area (Å²) in [4.78, 5) is 0. The molecule has 2 rings (SSSR count). The first-order valence-corrected chi connectivity index (χ1v) is 8.03. The SMILES string of the molecule is CCCNC(Cc1c(C)cc(C)cc1C)C1CCCO1. The van der Waals surface area contributed by atoms with Gasteiger partial charge in [-0.1, -0.05) is 24.6 Å². The molecule has 0 saturated carbocycles. The predicted molar refractivity (Wildman–Crippen MR) is 85.4 cm³/mol. The molecule has 0 radical (unpaired) electrons. The summed E-state index contributed by atoms with van der Waals surface area (Å²) in [6.07, 6.45) is 5.06. The zero-order chi connectivity index (χ0) is 14.5. The number of hydrogen-bond acceptors (Lipinski definition) is 2. The van der Waals surface area contributed by atoms with Crippen LogP contribution in [0, 0.1) is 20.8 Å². The molecule has 1 heterocycles. The van der Waals surface area contributed by atoms with Gasteiger partial charge in [-0.3, -0.25) is 0 Å². The fourth-order valence-corrected chi connectivity index (χ4v) is 3.34. The highest BCUT2D eigenvalue weighted by Gasteiger charge is 2.26. The second kappa shape index (κ2) is 7.24. The van der Waals surface area contributed by atoms with E-state index in [1.165, 1.54) is 41.5 Å². The summed E-state index contributed by atoms with van der Waals surface area (Å²) in [7, 11) is 0. The van der Waals surface area contributed by atoms with Gasteiger partial charge in [-0.15, -0.1) is 0 Å². The van der Waals surface area contributed by atoms with Crippen molar-refractivity contribution in [1.29, 1.82) is 0 Å². The number of nitrogens with one attached hydrogen (secondary N) is 1. The first-order chi connectivity index (χ1) is 9.61. The molecule has 0 aromatic heterocycles.